The van der Waals surface area contributed by atoms with Crippen LogP contribution in [0.1, 0.15) is 19.4 Å². The van der Waals surface area contributed by atoms with Crippen molar-refractivity contribution in [2.45, 2.75) is 26.5 Å². The molecule has 0 aliphatic carbocycles. The van der Waals surface area contributed by atoms with Crippen LogP contribution in [0.4, 0.5) is 10.5 Å². The van der Waals surface area contributed by atoms with Crippen molar-refractivity contribution >= 4 is 39.3 Å². The maximum absolute atomic E-state index is 12.4. The minimum atomic E-state index is -0.414. The quantitative estimate of drug-likeness (QED) is 0.683. The number of halogens is 2. The van der Waals surface area contributed by atoms with E-state index >= 15 is 0 Å². The van der Waals surface area contributed by atoms with Crippen molar-refractivity contribution in [3.8, 4) is 0 Å². The molecule has 0 spiro atoms. The summed E-state index contributed by atoms with van der Waals surface area (Å²) >= 11 is 9.61. The highest BCUT2D eigenvalue weighted by atomic mass is 79.9. The molecule has 0 aliphatic rings. The van der Waals surface area contributed by atoms with E-state index in [2.05, 4.69) is 15.9 Å². The van der Waals surface area contributed by atoms with Gasteiger partial charge in [-0.15, -0.1) is 0 Å². The number of benzene rings is 2. The summed E-state index contributed by atoms with van der Waals surface area (Å²) in [6.45, 7) is 4.07. The van der Waals surface area contributed by atoms with Crippen LogP contribution < -0.4 is 4.90 Å². The number of hydrogen-bond acceptors (Lipinski definition) is 2. The molecule has 0 aromatic heterocycles. The number of nitrogens with zero attached hydrogens (tertiary/aromatic N) is 1. The Morgan fingerprint density at radius 1 is 1.23 bits per heavy atom. The molecule has 2 aromatic carbocycles. The second-order valence-electron chi connectivity index (χ2n) is 5.10. The van der Waals surface area contributed by atoms with Crippen LogP contribution in [-0.2, 0) is 11.3 Å². The van der Waals surface area contributed by atoms with Crippen molar-refractivity contribution < 1.29 is 9.53 Å². The Bertz CT molecular complexity index is 646. The zero-order chi connectivity index (χ0) is 16.1. The zero-order valence-corrected chi connectivity index (χ0v) is 14.8. The van der Waals surface area contributed by atoms with Gasteiger partial charge in [0.25, 0.3) is 0 Å². The molecule has 3 nitrogen and oxygen atoms in total. The minimum absolute atomic E-state index is 0.0676. The van der Waals surface area contributed by atoms with Crippen LogP contribution in [0.2, 0.25) is 5.02 Å². The van der Waals surface area contributed by atoms with E-state index in [9.17, 15) is 4.79 Å². The number of anilines is 1. The lowest BCUT2D eigenvalue weighted by molar-refractivity contribution is 0.145. The smallest absolute Gasteiger partial charge is 0.414 e. The molecule has 2 rings (SSSR count). The van der Waals surface area contributed by atoms with Crippen molar-refractivity contribution in [2.24, 2.45) is 0 Å². The molecule has 0 N–H and O–H groups in total. The van der Waals surface area contributed by atoms with Crippen LogP contribution in [0.25, 0.3) is 0 Å². The highest BCUT2D eigenvalue weighted by molar-refractivity contribution is 9.10. The number of ether oxygens (including phenoxy) is 1. The third-order valence-electron chi connectivity index (χ3n) is 3.09. The predicted octanol–water partition coefficient (Wildman–Crippen LogP) is 5.65. The van der Waals surface area contributed by atoms with Gasteiger partial charge in [-0.25, -0.2) is 4.79 Å². The van der Waals surface area contributed by atoms with Gasteiger partial charge in [0.15, 0.2) is 0 Å². The van der Waals surface area contributed by atoms with Crippen molar-refractivity contribution in [3.05, 3.63) is 63.6 Å². The van der Waals surface area contributed by atoms with Crippen LogP contribution >= 0.6 is 27.5 Å². The molecule has 2 aromatic rings. The van der Waals surface area contributed by atoms with Gasteiger partial charge in [-0.1, -0.05) is 57.9 Å². The van der Waals surface area contributed by atoms with Crippen molar-refractivity contribution in [3.63, 3.8) is 0 Å². The van der Waals surface area contributed by atoms with Gasteiger partial charge in [0.1, 0.15) is 6.61 Å². The van der Waals surface area contributed by atoms with Crippen molar-refractivity contribution in [1.82, 2.24) is 0 Å². The number of rotatable bonds is 4. The second-order valence-corrected chi connectivity index (χ2v) is 6.42. The summed E-state index contributed by atoms with van der Waals surface area (Å²) in [6, 6.07) is 14.9. The fourth-order valence-corrected chi connectivity index (χ4v) is 2.82. The first-order valence-corrected chi connectivity index (χ1v) is 8.11. The molecular weight excluding hydrogens is 366 g/mol. The molecule has 1 amide bonds. The van der Waals surface area contributed by atoms with Gasteiger partial charge in [-0.2, -0.15) is 0 Å². The number of hydrogen-bond donors (Lipinski definition) is 0. The van der Waals surface area contributed by atoms with E-state index in [-0.39, 0.29) is 12.6 Å². The van der Waals surface area contributed by atoms with Gasteiger partial charge in [0.05, 0.1) is 10.7 Å². The molecule has 0 bridgehead atoms. The summed E-state index contributed by atoms with van der Waals surface area (Å²) < 4.78 is 6.27. The van der Waals surface area contributed by atoms with E-state index in [1.807, 2.05) is 50.2 Å². The normalized spacial score (nSPS) is 10.6. The lowest BCUT2D eigenvalue weighted by atomic mass is 10.2. The number of carbonyl (C=O) groups is 1. The van der Waals surface area contributed by atoms with Crippen LogP contribution in [0.3, 0.4) is 0 Å². The summed E-state index contributed by atoms with van der Waals surface area (Å²) in [4.78, 5) is 14.0. The Morgan fingerprint density at radius 2 is 1.91 bits per heavy atom. The van der Waals surface area contributed by atoms with Gasteiger partial charge < -0.3 is 4.74 Å². The average Bonchev–Trinajstić information content (AvgIpc) is 2.48. The number of carbonyl (C=O) groups excluding carboxylic acids is 1. The third-order valence-corrected chi connectivity index (χ3v) is 3.88. The Labute approximate surface area is 144 Å². The van der Waals surface area contributed by atoms with E-state index in [0.29, 0.717) is 10.7 Å². The van der Waals surface area contributed by atoms with Crippen LogP contribution in [-0.4, -0.2) is 12.1 Å². The van der Waals surface area contributed by atoms with E-state index in [0.717, 1.165) is 10.0 Å². The molecule has 0 radical (unpaired) electrons. The fraction of sp³-hybridized carbons (Fsp3) is 0.235. The van der Waals surface area contributed by atoms with Crippen LogP contribution in [0, 0.1) is 0 Å². The third kappa shape index (κ3) is 4.24. The maximum Gasteiger partial charge on any atom is 0.414 e. The van der Waals surface area contributed by atoms with Gasteiger partial charge >= 0.3 is 6.09 Å². The number of amides is 1. The summed E-state index contributed by atoms with van der Waals surface area (Å²) in [5, 5.41) is 0.500. The summed E-state index contributed by atoms with van der Waals surface area (Å²) in [5.41, 5.74) is 1.58. The maximum atomic E-state index is 12.4. The first kappa shape index (κ1) is 16.8. The highest BCUT2D eigenvalue weighted by Gasteiger charge is 2.23. The molecule has 5 heteroatoms. The first-order valence-electron chi connectivity index (χ1n) is 6.94. The Hall–Kier alpha value is -1.52. The predicted molar refractivity (Wildman–Crippen MR) is 93.4 cm³/mol. The largest absolute Gasteiger partial charge is 0.444 e. The lowest BCUT2D eigenvalue weighted by Crippen LogP contribution is -2.37. The molecule has 0 saturated carbocycles. The first-order chi connectivity index (χ1) is 10.5. The Kier molecular flexibility index (Phi) is 5.86. The molecule has 0 saturated heterocycles. The molecular formula is C17H17BrClNO2. The molecule has 0 fully saturated rings. The van der Waals surface area contributed by atoms with E-state index in [1.54, 1.807) is 17.0 Å². The molecule has 0 atom stereocenters. The van der Waals surface area contributed by atoms with Crippen molar-refractivity contribution in [2.75, 3.05) is 4.90 Å². The molecule has 0 heterocycles. The molecule has 0 aliphatic heterocycles. The zero-order valence-electron chi connectivity index (χ0n) is 12.4. The SMILES string of the molecule is CC(C)N(C(=O)OCc1ccccc1)c1ccc(Br)cc1Cl. The summed E-state index contributed by atoms with van der Waals surface area (Å²) in [5.74, 6) is 0. The topological polar surface area (TPSA) is 29.5 Å². The summed E-state index contributed by atoms with van der Waals surface area (Å²) in [7, 11) is 0. The van der Waals surface area contributed by atoms with E-state index in [1.165, 1.54) is 0 Å². The van der Waals surface area contributed by atoms with Crippen molar-refractivity contribution in [1.29, 1.82) is 0 Å². The van der Waals surface area contributed by atoms with Gasteiger partial charge in [0.2, 0.25) is 0 Å². The fourth-order valence-electron chi connectivity index (χ4n) is 2.05. The lowest BCUT2D eigenvalue weighted by Gasteiger charge is -2.27. The standard InChI is InChI=1S/C17H17BrClNO2/c1-12(2)20(16-9-8-14(18)10-15(16)19)17(21)22-11-13-6-4-3-5-7-13/h3-10,12H,11H2,1-2H3. The van der Waals surface area contributed by atoms with Crippen LogP contribution in [0.15, 0.2) is 53.0 Å². The van der Waals surface area contributed by atoms with Gasteiger partial charge in [-0.3, -0.25) is 4.90 Å². The Balaban J connectivity index is 2.15. The molecule has 0 unspecified atom stereocenters. The molecule has 22 heavy (non-hydrogen) atoms. The monoisotopic (exact) mass is 381 g/mol. The van der Waals surface area contributed by atoms with Crippen LogP contribution in [0.5, 0.6) is 0 Å². The van der Waals surface area contributed by atoms with E-state index < -0.39 is 6.09 Å². The summed E-state index contributed by atoms with van der Waals surface area (Å²) in [6.07, 6.45) is -0.414. The highest BCUT2D eigenvalue weighted by Crippen LogP contribution is 2.30. The van der Waals surface area contributed by atoms with E-state index in [4.69, 9.17) is 16.3 Å². The minimum Gasteiger partial charge on any atom is -0.444 e. The van der Waals surface area contributed by atoms with Gasteiger partial charge in [-0.05, 0) is 37.6 Å². The second kappa shape index (κ2) is 7.65. The Morgan fingerprint density at radius 3 is 2.50 bits per heavy atom. The average molecular weight is 383 g/mol. The molecule has 116 valence electrons. The van der Waals surface area contributed by atoms with Gasteiger partial charge in [0, 0.05) is 10.5 Å².